The van der Waals surface area contributed by atoms with Gasteiger partial charge in [0, 0.05) is 11.1 Å². The van der Waals surface area contributed by atoms with E-state index in [0.717, 1.165) is 12.8 Å². The van der Waals surface area contributed by atoms with Crippen LogP contribution in [0.5, 0.6) is 0 Å². The van der Waals surface area contributed by atoms with E-state index in [2.05, 4.69) is 11.9 Å². The first kappa shape index (κ1) is 16.5. The summed E-state index contributed by atoms with van der Waals surface area (Å²) in [5.41, 5.74) is 0.0313. The molecule has 5 nitrogen and oxygen atoms in total. The fourth-order valence-electron chi connectivity index (χ4n) is 1.39. The highest BCUT2D eigenvalue weighted by atomic mass is 16.6. The van der Waals surface area contributed by atoms with Gasteiger partial charge in [-0.25, -0.2) is 9.59 Å². The largest absolute Gasteiger partial charge is 0.459 e. The maximum atomic E-state index is 11.4. The van der Waals surface area contributed by atoms with Crippen molar-refractivity contribution in [2.75, 3.05) is 13.2 Å². The predicted molar refractivity (Wildman–Crippen MR) is 69.2 cm³/mol. The van der Waals surface area contributed by atoms with Gasteiger partial charge < -0.3 is 14.8 Å². The van der Waals surface area contributed by atoms with E-state index in [-0.39, 0.29) is 18.8 Å². The zero-order valence-electron chi connectivity index (χ0n) is 11.7. The van der Waals surface area contributed by atoms with E-state index < -0.39 is 12.1 Å². The molecule has 0 atom stereocenters. The van der Waals surface area contributed by atoms with Crippen molar-refractivity contribution in [3.8, 4) is 0 Å². The highest BCUT2D eigenvalue weighted by Gasteiger charge is 2.19. The van der Waals surface area contributed by atoms with Crippen molar-refractivity contribution in [2.45, 2.75) is 46.1 Å². The van der Waals surface area contributed by atoms with Gasteiger partial charge in [0.15, 0.2) is 0 Å². The van der Waals surface area contributed by atoms with Crippen LogP contribution in [0.3, 0.4) is 0 Å². The first-order valence-electron chi connectivity index (χ1n) is 6.06. The summed E-state index contributed by atoms with van der Waals surface area (Å²) in [6, 6.07) is 0. The molecule has 0 aliphatic carbocycles. The van der Waals surface area contributed by atoms with Gasteiger partial charge in [0.1, 0.15) is 13.2 Å². The summed E-state index contributed by atoms with van der Waals surface area (Å²) in [4.78, 5) is 22.4. The summed E-state index contributed by atoms with van der Waals surface area (Å²) >= 11 is 0. The molecule has 104 valence electrons. The Hall–Kier alpha value is -1.52. The van der Waals surface area contributed by atoms with E-state index in [4.69, 9.17) is 9.47 Å². The van der Waals surface area contributed by atoms with E-state index in [1.807, 2.05) is 20.8 Å². The van der Waals surface area contributed by atoms with Gasteiger partial charge in [-0.1, -0.05) is 19.9 Å². The number of alkyl carbamates (subject to hydrolysis) is 1. The Morgan fingerprint density at radius 3 is 2.28 bits per heavy atom. The van der Waals surface area contributed by atoms with Crippen LogP contribution in [0.15, 0.2) is 12.2 Å². The molecule has 0 rings (SSSR count). The molecule has 0 aromatic carbocycles. The van der Waals surface area contributed by atoms with Crippen LogP contribution in [0.4, 0.5) is 4.79 Å². The quantitative estimate of drug-likeness (QED) is 0.432. The summed E-state index contributed by atoms with van der Waals surface area (Å²) in [7, 11) is 0. The fourth-order valence-corrected chi connectivity index (χ4v) is 1.39. The minimum Gasteiger partial charge on any atom is -0.459 e. The van der Waals surface area contributed by atoms with Crippen molar-refractivity contribution in [1.82, 2.24) is 5.32 Å². The van der Waals surface area contributed by atoms with Gasteiger partial charge in [0.2, 0.25) is 0 Å². The van der Waals surface area contributed by atoms with Crippen LogP contribution in [0.2, 0.25) is 0 Å². The molecule has 0 saturated heterocycles. The maximum absolute atomic E-state index is 11.4. The molecule has 0 unspecified atom stereocenters. The second-order valence-corrected chi connectivity index (χ2v) is 4.81. The molecule has 18 heavy (non-hydrogen) atoms. The van der Waals surface area contributed by atoms with Crippen molar-refractivity contribution in [2.24, 2.45) is 0 Å². The Morgan fingerprint density at radius 2 is 1.78 bits per heavy atom. The molecule has 0 heterocycles. The normalized spacial score (nSPS) is 10.7. The van der Waals surface area contributed by atoms with Crippen LogP contribution in [-0.4, -0.2) is 30.8 Å². The average Bonchev–Trinajstić information content (AvgIpc) is 2.22. The zero-order valence-corrected chi connectivity index (χ0v) is 11.7. The van der Waals surface area contributed by atoms with E-state index in [1.54, 1.807) is 6.92 Å². The fraction of sp³-hybridized carbons (Fsp3) is 0.692. The zero-order chi connectivity index (χ0) is 14.2. The van der Waals surface area contributed by atoms with Gasteiger partial charge in [0.25, 0.3) is 0 Å². The Kier molecular flexibility index (Phi) is 7.08. The molecule has 1 N–H and O–H groups in total. The number of carbonyl (C=O) groups is 2. The summed E-state index contributed by atoms with van der Waals surface area (Å²) < 4.78 is 9.69. The average molecular weight is 257 g/mol. The lowest BCUT2D eigenvalue weighted by Gasteiger charge is -2.25. The van der Waals surface area contributed by atoms with Crippen LogP contribution in [-0.2, 0) is 14.3 Å². The lowest BCUT2D eigenvalue weighted by molar-refractivity contribution is -0.139. The number of hydrogen-bond acceptors (Lipinski definition) is 4. The molecule has 0 aromatic heterocycles. The van der Waals surface area contributed by atoms with E-state index in [0.29, 0.717) is 5.57 Å². The summed E-state index contributed by atoms with van der Waals surface area (Å²) in [6.45, 7) is 11.0. The summed E-state index contributed by atoms with van der Waals surface area (Å²) in [5, 5.41) is 2.75. The standard InChI is InChI=1S/C13H23NO4/c1-6-7-13(4,5)14-12(16)18-9-8-17-11(15)10(2)3/h2,6-9H2,1,3-5H3,(H,14,16). The number of nitrogens with one attached hydrogen (secondary N) is 1. The Balaban J connectivity index is 3.78. The predicted octanol–water partition coefficient (Wildman–Crippen LogP) is 2.41. The molecular weight excluding hydrogens is 234 g/mol. The van der Waals surface area contributed by atoms with Crippen molar-refractivity contribution in [1.29, 1.82) is 0 Å². The minimum atomic E-state index is -0.500. The number of esters is 1. The third-order valence-corrected chi connectivity index (χ3v) is 2.21. The van der Waals surface area contributed by atoms with Crippen LogP contribution < -0.4 is 5.32 Å². The van der Waals surface area contributed by atoms with E-state index in [1.165, 1.54) is 0 Å². The monoisotopic (exact) mass is 257 g/mol. The molecule has 5 heteroatoms. The Morgan fingerprint density at radius 1 is 1.22 bits per heavy atom. The second kappa shape index (κ2) is 7.74. The maximum Gasteiger partial charge on any atom is 0.407 e. The van der Waals surface area contributed by atoms with Gasteiger partial charge in [-0.3, -0.25) is 0 Å². The van der Waals surface area contributed by atoms with Crippen molar-refractivity contribution in [3.63, 3.8) is 0 Å². The van der Waals surface area contributed by atoms with Crippen LogP contribution in [0, 0.1) is 0 Å². The van der Waals surface area contributed by atoms with Gasteiger partial charge in [-0.05, 0) is 27.2 Å². The van der Waals surface area contributed by atoms with E-state index >= 15 is 0 Å². The molecule has 0 saturated carbocycles. The van der Waals surface area contributed by atoms with Crippen LogP contribution in [0.25, 0.3) is 0 Å². The number of hydrogen-bond donors (Lipinski definition) is 1. The molecule has 0 aromatic rings. The van der Waals surface area contributed by atoms with Crippen LogP contribution in [0.1, 0.15) is 40.5 Å². The molecule has 0 fully saturated rings. The lowest BCUT2D eigenvalue weighted by atomic mass is 9.99. The SMILES string of the molecule is C=C(C)C(=O)OCCOC(=O)NC(C)(C)CCC. The van der Waals surface area contributed by atoms with Crippen LogP contribution >= 0.6 is 0 Å². The molecule has 0 aliphatic rings. The Labute approximate surface area is 109 Å². The summed E-state index contributed by atoms with van der Waals surface area (Å²) in [6.07, 6.45) is 1.34. The number of ether oxygens (including phenoxy) is 2. The second-order valence-electron chi connectivity index (χ2n) is 4.81. The van der Waals surface area contributed by atoms with Gasteiger partial charge in [-0.2, -0.15) is 0 Å². The molecule has 1 amide bonds. The van der Waals surface area contributed by atoms with Gasteiger partial charge in [-0.15, -0.1) is 0 Å². The minimum absolute atomic E-state index is 0.0348. The molecule has 0 spiro atoms. The number of rotatable bonds is 7. The molecule has 0 radical (unpaired) electrons. The lowest BCUT2D eigenvalue weighted by Crippen LogP contribution is -2.43. The molecular formula is C13H23NO4. The van der Waals surface area contributed by atoms with Gasteiger partial charge in [0.05, 0.1) is 0 Å². The van der Waals surface area contributed by atoms with Gasteiger partial charge >= 0.3 is 12.1 Å². The highest BCUT2D eigenvalue weighted by molar-refractivity contribution is 5.86. The number of carbonyl (C=O) groups excluding carboxylic acids is 2. The third kappa shape index (κ3) is 7.70. The smallest absolute Gasteiger partial charge is 0.407 e. The van der Waals surface area contributed by atoms with E-state index in [9.17, 15) is 9.59 Å². The molecule has 0 bridgehead atoms. The topological polar surface area (TPSA) is 64.6 Å². The molecule has 0 aliphatic heterocycles. The Bertz CT molecular complexity index is 310. The highest BCUT2D eigenvalue weighted by Crippen LogP contribution is 2.10. The van der Waals surface area contributed by atoms with Crippen molar-refractivity contribution >= 4 is 12.1 Å². The summed E-state index contributed by atoms with van der Waals surface area (Å²) in [5.74, 6) is -0.481. The first-order valence-corrected chi connectivity index (χ1v) is 6.06. The third-order valence-electron chi connectivity index (χ3n) is 2.21. The van der Waals surface area contributed by atoms with Crippen molar-refractivity contribution in [3.05, 3.63) is 12.2 Å². The first-order chi connectivity index (χ1) is 8.28. The van der Waals surface area contributed by atoms with Crippen molar-refractivity contribution < 1.29 is 19.1 Å². The number of amides is 1.